The van der Waals surface area contributed by atoms with Crippen LogP contribution in [-0.2, 0) is 23.2 Å². The van der Waals surface area contributed by atoms with Crippen LogP contribution in [-0.4, -0.2) is 20.8 Å². The topological polar surface area (TPSA) is 38.5 Å². The number of anilines is 2. The largest absolute Gasteiger partial charge is 0.457 e. The van der Waals surface area contributed by atoms with Gasteiger partial charge in [-0.15, -0.1) is 0 Å². The van der Waals surface area contributed by atoms with Crippen LogP contribution < -0.4 is 14.5 Å². The smallest absolute Gasteiger partial charge is 0.215 e. The molecule has 6 nitrogen and oxygen atoms in total. The highest BCUT2D eigenvalue weighted by Gasteiger charge is 2.25. The minimum atomic E-state index is -2.67. The van der Waals surface area contributed by atoms with Gasteiger partial charge in [0.25, 0.3) is 0 Å². The summed E-state index contributed by atoms with van der Waals surface area (Å²) in [6.07, 6.45) is 4.20. The maximum Gasteiger partial charge on any atom is 0.215 e. The van der Waals surface area contributed by atoms with Gasteiger partial charge < -0.3 is 19.1 Å². The minimum absolute atomic E-state index is 0.00318. The van der Waals surface area contributed by atoms with Crippen LogP contribution in [0.15, 0.2) is 115 Å². The highest BCUT2D eigenvalue weighted by atomic mass is 16.5. The first-order valence-corrected chi connectivity index (χ1v) is 18.2. The molecule has 1 aliphatic rings. The molecule has 0 fully saturated rings. The van der Waals surface area contributed by atoms with E-state index in [0.717, 1.165) is 21.5 Å². The van der Waals surface area contributed by atoms with Crippen molar-refractivity contribution in [3.63, 3.8) is 0 Å². The molecule has 2 aromatic heterocycles. The SMILES string of the molecule is [2H]c1c([2H])c([2H])c2c(c1[2H])c1ccc(Oc3cc(N4C=CN(c5cc(C(C)(C)C)cc(C(C)(C)C)c5)C4)cc(C(C)(C)C)c3)cc1n2-c1nc2ccccc2n1C([2H])([2H])[2H]. The number of para-hydroxylation sites is 3. The molecule has 0 aliphatic carbocycles. The number of ether oxygens (including phenoxy) is 1. The van der Waals surface area contributed by atoms with Crippen molar-refractivity contribution in [1.82, 2.24) is 14.1 Å². The zero-order valence-corrected chi connectivity index (χ0v) is 32.0. The van der Waals surface area contributed by atoms with E-state index < -0.39 is 13.0 Å². The molecule has 0 bridgehead atoms. The van der Waals surface area contributed by atoms with Crippen molar-refractivity contribution in [1.29, 1.82) is 0 Å². The van der Waals surface area contributed by atoms with Gasteiger partial charge in [-0.25, -0.2) is 4.98 Å². The Balaban J connectivity index is 1.24. The van der Waals surface area contributed by atoms with E-state index in [-0.39, 0.29) is 51.2 Å². The molecule has 8 rings (SSSR count). The molecule has 0 N–H and O–H groups in total. The first kappa shape index (κ1) is 27.2. The van der Waals surface area contributed by atoms with Gasteiger partial charge in [0.05, 0.1) is 34.2 Å². The van der Waals surface area contributed by atoms with Gasteiger partial charge in [-0.1, -0.05) is 98.6 Å². The van der Waals surface area contributed by atoms with Crippen molar-refractivity contribution in [2.45, 2.75) is 78.6 Å². The highest BCUT2D eigenvalue weighted by Crippen LogP contribution is 2.40. The Morgan fingerprint density at radius 1 is 0.623 bits per heavy atom. The summed E-state index contributed by atoms with van der Waals surface area (Å²) in [6, 6.07) is 24.0. The van der Waals surface area contributed by atoms with E-state index in [2.05, 4.69) is 109 Å². The Morgan fingerprint density at radius 2 is 1.25 bits per heavy atom. The second kappa shape index (κ2) is 12.3. The fraction of sp³-hybridized carbons (Fsp3) is 0.298. The van der Waals surface area contributed by atoms with Gasteiger partial charge in [0, 0.05) is 57.8 Å². The van der Waals surface area contributed by atoms with Crippen molar-refractivity contribution in [3.05, 3.63) is 132 Å². The van der Waals surface area contributed by atoms with E-state index >= 15 is 0 Å². The molecular weight excluding hydrogens is 651 g/mol. The molecule has 0 saturated carbocycles. The molecule has 0 radical (unpaired) electrons. The van der Waals surface area contributed by atoms with Gasteiger partial charge in [-0.3, -0.25) is 4.57 Å². The van der Waals surface area contributed by atoms with Crippen molar-refractivity contribution in [2.75, 3.05) is 16.5 Å². The van der Waals surface area contributed by atoms with Crippen molar-refractivity contribution < 1.29 is 14.3 Å². The molecule has 6 heteroatoms. The van der Waals surface area contributed by atoms with E-state index in [1.807, 2.05) is 12.1 Å². The third-order valence-electron chi connectivity index (χ3n) is 10.2. The number of aryl methyl sites for hydroxylation is 1. The number of fused-ring (bicyclic) bond motifs is 4. The Kier molecular flexibility index (Phi) is 6.30. The lowest BCUT2D eigenvalue weighted by atomic mass is 9.80. The Morgan fingerprint density at radius 3 is 1.91 bits per heavy atom. The minimum Gasteiger partial charge on any atom is -0.457 e. The van der Waals surface area contributed by atoms with Gasteiger partial charge in [-0.2, -0.15) is 0 Å². The lowest BCUT2D eigenvalue weighted by Crippen LogP contribution is -2.26. The number of imidazole rings is 1. The molecular formula is C47H51N5O. The quantitative estimate of drug-likeness (QED) is 0.178. The summed E-state index contributed by atoms with van der Waals surface area (Å²) in [5, 5.41) is 0.766. The summed E-state index contributed by atoms with van der Waals surface area (Å²) in [5.41, 5.74) is 6.81. The molecule has 1 aliphatic heterocycles. The number of rotatable bonds is 5. The first-order chi connectivity index (χ1) is 27.9. The summed E-state index contributed by atoms with van der Waals surface area (Å²) in [7, 11) is 0. The zero-order valence-electron chi connectivity index (χ0n) is 39.0. The lowest BCUT2D eigenvalue weighted by Gasteiger charge is -2.29. The van der Waals surface area contributed by atoms with Crippen LogP contribution in [0, 0.1) is 0 Å². The van der Waals surface area contributed by atoms with Crippen LogP contribution >= 0.6 is 0 Å². The maximum absolute atomic E-state index is 9.04. The highest BCUT2D eigenvalue weighted by molar-refractivity contribution is 6.09. The Labute approximate surface area is 323 Å². The average Bonchev–Trinajstić information content (AvgIpc) is 3.89. The summed E-state index contributed by atoms with van der Waals surface area (Å²) in [4.78, 5) is 9.23. The van der Waals surface area contributed by atoms with E-state index in [0.29, 0.717) is 40.1 Å². The van der Waals surface area contributed by atoms with Crippen LogP contribution in [0.4, 0.5) is 11.4 Å². The second-order valence-electron chi connectivity index (χ2n) is 17.2. The number of hydrogen-bond acceptors (Lipinski definition) is 4. The summed E-state index contributed by atoms with van der Waals surface area (Å²) in [6.45, 7) is 17.9. The van der Waals surface area contributed by atoms with Crippen LogP contribution in [0.1, 0.15) is 88.6 Å². The van der Waals surface area contributed by atoms with Gasteiger partial charge in [-0.05, 0) is 87.5 Å². The molecule has 53 heavy (non-hydrogen) atoms. The molecule has 0 unspecified atom stereocenters. The van der Waals surface area contributed by atoms with Gasteiger partial charge in [0.15, 0.2) is 0 Å². The molecule has 270 valence electrons. The van der Waals surface area contributed by atoms with Gasteiger partial charge >= 0.3 is 0 Å². The Bertz CT molecular complexity index is 2850. The van der Waals surface area contributed by atoms with E-state index in [4.69, 9.17) is 19.3 Å². The van der Waals surface area contributed by atoms with Crippen molar-refractivity contribution in [2.24, 2.45) is 6.98 Å². The van der Waals surface area contributed by atoms with Crippen LogP contribution in [0.2, 0.25) is 0 Å². The normalized spacial score (nSPS) is 16.1. The van der Waals surface area contributed by atoms with Crippen LogP contribution in [0.5, 0.6) is 11.5 Å². The number of nitrogens with zero attached hydrogens (tertiary/aromatic N) is 5. The number of aromatic nitrogens is 3. The average molecular weight is 709 g/mol. The second-order valence-corrected chi connectivity index (χ2v) is 17.2. The monoisotopic (exact) mass is 708 g/mol. The zero-order chi connectivity index (χ0) is 43.4. The number of benzene rings is 5. The van der Waals surface area contributed by atoms with Crippen LogP contribution in [0.25, 0.3) is 38.8 Å². The molecule has 5 aromatic carbocycles. The predicted molar refractivity (Wildman–Crippen MR) is 223 cm³/mol. The first-order valence-electron chi connectivity index (χ1n) is 21.7. The fourth-order valence-electron chi connectivity index (χ4n) is 6.91. The lowest BCUT2D eigenvalue weighted by molar-refractivity contribution is 0.479. The van der Waals surface area contributed by atoms with E-state index in [1.165, 1.54) is 15.7 Å². The maximum atomic E-state index is 9.04. The summed E-state index contributed by atoms with van der Waals surface area (Å²) >= 11 is 0. The summed E-state index contributed by atoms with van der Waals surface area (Å²) in [5.74, 6) is 1.03. The third kappa shape index (κ3) is 6.34. The molecule has 0 saturated heterocycles. The van der Waals surface area contributed by atoms with Crippen molar-refractivity contribution >= 4 is 44.2 Å². The predicted octanol–water partition coefficient (Wildman–Crippen LogP) is 12.1. The molecule has 0 atom stereocenters. The molecule has 0 amide bonds. The summed E-state index contributed by atoms with van der Waals surface area (Å²) < 4.78 is 70.1. The molecule has 7 aromatic rings. The van der Waals surface area contributed by atoms with E-state index in [1.54, 1.807) is 42.5 Å². The van der Waals surface area contributed by atoms with Crippen LogP contribution in [0.3, 0.4) is 0 Å². The third-order valence-corrected chi connectivity index (χ3v) is 10.2. The van der Waals surface area contributed by atoms with Gasteiger partial charge in [0.1, 0.15) is 11.5 Å². The van der Waals surface area contributed by atoms with E-state index in [9.17, 15) is 0 Å². The Hall–Kier alpha value is -5.49. The number of hydrogen-bond donors (Lipinski definition) is 0. The standard InChI is InChI=1S/C47H51N5O/c1-45(2,3)31-23-32(46(4,5)6)25-34(24-31)50-21-22-51(30-50)35-26-33(47(7,8)9)27-37(28-35)53-36-19-20-39-38-15-11-13-17-41(38)52(43(39)29-36)44-48-40-16-12-14-18-42(40)49(44)10/h11-29H,30H2,1-10H3/i10D3,11D,13D,15D,17D. The molecule has 0 spiro atoms. The molecule has 3 heterocycles. The van der Waals surface area contributed by atoms with Crippen molar-refractivity contribution in [3.8, 4) is 17.4 Å². The van der Waals surface area contributed by atoms with Gasteiger partial charge in [0.2, 0.25) is 5.95 Å². The fourth-order valence-corrected chi connectivity index (χ4v) is 6.91.